The van der Waals surface area contributed by atoms with Crippen molar-refractivity contribution in [3.63, 3.8) is 0 Å². The maximum absolute atomic E-state index is 11.0. The monoisotopic (exact) mass is 189 g/mol. The molecule has 0 aliphatic rings. The Kier molecular flexibility index (Phi) is 3.99. The van der Waals surface area contributed by atoms with Crippen LogP contribution in [0.1, 0.15) is 0 Å². The van der Waals surface area contributed by atoms with Gasteiger partial charge in [0.05, 0.1) is 13.2 Å². The summed E-state index contributed by atoms with van der Waals surface area (Å²) in [6.45, 7) is 1.38. The van der Waals surface area contributed by atoms with Crippen molar-refractivity contribution in [2.75, 3.05) is 20.5 Å². The Morgan fingerprint density at radius 2 is 2.50 bits per heavy atom. The van der Waals surface area contributed by atoms with E-state index in [-0.39, 0.29) is 12.4 Å². The minimum atomic E-state index is 0.0287. The number of aromatic nitrogens is 1. The molecule has 1 rings (SSSR count). The maximum atomic E-state index is 11.0. The highest BCUT2D eigenvalue weighted by Crippen LogP contribution is 1.92. The van der Waals surface area contributed by atoms with E-state index < -0.39 is 0 Å². The number of nitrogens with zero attached hydrogens (tertiary/aromatic N) is 1. The van der Waals surface area contributed by atoms with Crippen LogP contribution in [-0.2, 0) is 16.0 Å². The van der Waals surface area contributed by atoms with Gasteiger partial charge in [-0.05, 0) is 0 Å². The van der Waals surface area contributed by atoms with Crippen molar-refractivity contribution in [1.82, 2.24) is 3.96 Å². The number of hydrogen-bond acceptors (Lipinski definition) is 4. The van der Waals surface area contributed by atoms with Crippen LogP contribution in [-0.4, -0.2) is 24.5 Å². The van der Waals surface area contributed by atoms with Gasteiger partial charge in [-0.25, -0.2) is 0 Å². The highest BCUT2D eigenvalue weighted by atomic mass is 32.1. The summed E-state index contributed by atoms with van der Waals surface area (Å²) >= 11 is 1.39. The molecule has 4 nitrogen and oxygen atoms in total. The van der Waals surface area contributed by atoms with E-state index in [0.717, 1.165) is 0 Å². The molecular weight excluding hydrogens is 178 g/mol. The van der Waals surface area contributed by atoms with Crippen LogP contribution in [0.25, 0.3) is 0 Å². The van der Waals surface area contributed by atoms with Crippen molar-refractivity contribution >= 4 is 11.5 Å². The minimum absolute atomic E-state index is 0.0287. The predicted molar refractivity (Wildman–Crippen MR) is 46.4 cm³/mol. The van der Waals surface area contributed by atoms with Gasteiger partial charge in [0.2, 0.25) is 0 Å². The van der Waals surface area contributed by atoms with Crippen molar-refractivity contribution < 1.29 is 9.47 Å². The van der Waals surface area contributed by atoms with Crippen molar-refractivity contribution in [2.24, 2.45) is 0 Å². The smallest absolute Gasteiger partial charge is 0.260 e. The Morgan fingerprint density at radius 1 is 1.67 bits per heavy atom. The lowest BCUT2D eigenvalue weighted by atomic mass is 10.6. The number of methoxy groups -OCH3 is 1. The Bertz CT molecular complexity index is 268. The Morgan fingerprint density at radius 3 is 3.08 bits per heavy atom. The van der Waals surface area contributed by atoms with Crippen molar-refractivity contribution in [3.8, 4) is 0 Å². The zero-order valence-corrected chi connectivity index (χ0v) is 7.67. The van der Waals surface area contributed by atoms with Crippen LogP contribution in [0.3, 0.4) is 0 Å². The fourth-order valence-electron chi connectivity index (χ4n) is 0.750. The van der Waals surface area contributed by atoms with E-state index in [0.29, 0.717) is 13.2 Å². The van der Waals surface area contributed by atoms with Gasteiger partial charge in [-0.15, -0.1) is 0 Å². The highest BCUT2D eigenvalue weighted by Gasteiger charge is 1.95. The molecule has 0 bridgehead atoms. The summed E-state index contributed by atoms with van der Waals surface area (Å²) in [5.74, 6) is 0. The largest absolute Gasteiger partial charge is 0.359 e. The molecule has 0 N–H and O–H groups in total. The van der Waals surface area contributed by atoms with E-state index in [9.17, 15) is 4.79 Å². The minimum Gasteiger partial charge on any atom is -0.359 e. The van der Waals surface area contributed by atoms with Crippen molar-refractivity contribution in [1.29, 1.82) is 0 Å². The molecule has 0 aliphatic carbocycles. The Hall–Kier alpha value is -0.650. The molecule has 12 heavy (non-hydrogen) atoms. The summed E-state index contributed by atoms with van der Waals surface area (Å²) in [7, 11) is 1.57. The van der Waals surface area contributed by atoms with E-state index in [2.05, 4.69) is 4.74 Å². The predicted octanol–water partition coefficient (Wildman–Crippen LogP) is 0.530. The SMILES string of the molecule is COCOCCn1sccc1=O. The zero-order valence-electron chi connectivity index (χ0n) is 6.86. The summed E-state index contributed by atoms with van der Waals surface area (Å²) in [6.07, 6.45) is 0. The van der Waals surface area contributed by atoms with Crippen LogP contribution in [0.2, 0.25) is 0 Å². The maximum Gasteiger partial charge on any atom is 0.260 e. The van der Waals surface area contributed by atoms with Crippen LogP contribution >= 0.6 is 11.5 Å². The molecule has 0 amide bonds. The summed E-state index contributed by atoms with van der Waals surface area (Å²) in [5, 5.41) is 1.76. The molecule has 0 unspecified atom stereocenters. The number of ether oxygens (including phenoxy) is 2. The summed E-state index contributed by atoms with van der Waals surface area (Å²) in [4.78, 5) is 11.0. The van der Waals surface area contributed by atoms with Gasteiger partial charge in [-0.3, -0.25) is 8.75 Å². The highest BCUT2D eigenvalue weighted by molar-refractivity contribution is 7.04. The third kappa shape index (κ3) is 2.77. The summed E-state index contributed by atoms with van der Waals surface area (Å²) in [6, 6.07) is 1.54. The third-order valence-corrected chi connectivity index (χ3v) is 2.16. The third-order valence-electron chi connectivity index (χ3n) is 1.28. The molecule has 5 heteroatoms. The normalized spacial score (nSPS) is 10.4. The molecule has 0 atom stereocenters. The zero-order chi connectivity index (χ0) is 8.81. The summed E-state index contributed by atoms with van der Waals surface area (Å²) < 4.78 is 11.4. The lowest BCUT2D eigenvalue weighted by Gasteiger charge is -2.01. The molecule has 0 aromatic carbocycles. The first-order valence-electron chi connectivity index (χ1n) is 3.56. The van der Waals surface area contributed by atoms with E-state index >= 15 is 0 Å². The topological polar surface area (TPSA) is 40.5 Å². The summed E-state index contributed by atoms with van der Waals surface area (Å²) in [5.41, 5.74) is 0.0287. The average molecular weight is 189 g/mol. The quantitative estimate of drug-likeness (QED) is 0.501. The molecule has 0 saturated heterocycles. The number of hydrogen-bond donors (Lipinski definition) is 0. The van der Waals surface area contributed by atoms with Crippen LogP contribution in [0.5, 0.6) is 0 Å². The molecule has 1 aromatic rings. The molecule has 0 spiro atoms. The van der Waals surface area contributed by atoms with Gasteiger partial charge in [-0.1, -0.05) is 11.5 Å². The van der Waals surface area contributed by atoms with Gasteiger partial charge >= 0.3 is 0 Å². The van der Waals surface area contributed by atoms with Crippen LogP contribution in [0, 0.1) is 0 Å². The van der Waals surface area contributed by atoms with Crippen LogP contribution in [0.4, 0.5) is 0 Å². The molecule has 0 fully saturated rings. The van der Waals surface area contributed by atoms with Crippen LogP contribution in [0.15, 0.2) is 16.2 Å². The first-order valence-corrected chi connectivity index (χ1v) is 4.40. The lowest BCUT2D eigenvalue weighted by molar-refractivity contribution is -0.0325. The molecular formula is C7H11NO3S. The van der Waals surface area contributed by atoms with Gasteiger partial charge in [-0.2, -0.15) is 0 Å². The Labute approximate surface area is 74.5 Å². The molecule has 1 heterocycles. The first kappa shape index (κ1) is 9.44. The fourth-order valence-corrected chi connectivity index (χ4v) is 1.42. The van der Waals surface area contributed by atoms with Gasteiger partial charge in [0.15, 0.2) is 0 Å². The van der Waals surface area contributed by atoms with Crippen molar-refractivity contribution in [3.05, 3.63) is 21.8 Å². The second-order valence-electron chi connectivity index (χ2n) is 2.16. The fraction of sp³-hybridized carbons (Fsp3) is 0.571. The van der Waals surface area contributed by atoms with Gasteiger partial charge in [0, 0.05) is 18.6 Å². The van der Waals surface area contributed by atoms with Crippen LogP contribution < -0.4 is 5.56 Å². The standard InChI is InChI=1S/C7H11NO3S/c1-10-6-11-4-3-8-7(9)2-5-12-8/h2,5H,3-4,6H2,1H3. The molecule has 0 radical (unpaired) electrons. The van der Waals surface area contributed by atoms with Gasteiger partial charge < -0.3 is 9.47 Å². The molecule has 0 saturated carbocycles. The van der Waals surface area contributed by atoms with Gasteiger partial charge in [0.25, 0.3) is 5.56 Å². The van der Waals surface area contributed by atoms with E-state index in [1.807, 2.05) is 0 Å². The average Bonchev–Trinajstić information content (AvgIpc) is 2.46. The van der Waals surface area contributed by atoms with E-state index in [4.69, 9.17) is 4.74 Å². The second kappa shape index (κ2) is 5.08. The first-order chi connectivity index (χ1) is 5.84. The molecule has 0 aliphatic heterocycles. The van der Waals surface area contributed by atoms with Gasteiger partial charge in [0.1, 0.15) is 6.79 Å². The Balaban J connectivity index is 2.24. The van der Waals surface area contributed by atoms with E-state index in [1.54, 1.807) is 22.5 Å². The second-order valence-corrected chi connectivity index (χ2v) is 3.09. The lowest BCUT2D eigenvalue weighted by Crippen LogP contribution is -2.15. The molecule has 68 valence electrons. The van der Waals surface area contributed by atoms with Crippen molar-refractivity contribution in [2.45, 2.75) is 6.54 Å². The molecule has 1 aromatic heterocycles. The van der Waals surface area contributed by atoms with E-state index in [1.165, 1.54) is 11.5 Å². The number of rotatable bonds is 5.